The number of aromatic nitrogens is 1. The zero-order valence-electron chi connectivity index (χ0n) is 28.8. The van der Waals surface area contributed by atoms with Crippen LogP contribution >= 0.6 is 0 Å². The largest absolute Gasteiger partial charge is 0.354 e. The third kappa shape index (κ3) is 5.03. The number of allylic oxidation sites excluding steroid dienone is 4. The number of hydrogen-bond donors (Lipinski definition) is 1. The van der Waals surface area contributed by atoms with Gasteiger partial charge < -0.3 is 9.88 Å². The summed E-state index contributed by atoms with van der Waals surface area (Å²) in [7, 11) is 0. The van der Waals surface area contributed by atoms with Crippen molar-refractivity contribution in [3.63, 3.8) is 0 Å². The predicted molar refractivity (Wildman–Crippen MR) is 223 cm³/mol. The molecule has 1 heterocycles. The summed E-state index contributed by atoms with van der Waals surface area (Å²) >= 11 is 0. The molecule has 0 saturated carbocycles. The van der Waals surface area contributed by atoms with Crippen molar-refractivity contribution in [2.75, 3.05) is 4.90 Å². The highest BCUT2D eigenvalue weighted by molar-refractivity contribution is 6.13. The zero-order valence-corrected chi connectivity index (χ0v) is 28.8. The number of para-hydroxylation sites is 4. The first-order valence-electron chi connectivity index (χ1n) is 18.2. The number of H-pyrrole nitrogens is 1. The number of fused-ring (bicyclic) bond motifs is 5. The zero-order chi connectivity index (χ0) is 34.4. The Balaban J connectivity index is 1.26. The Labute approximate surface area is 303 Å². The summed E-state index contributed by atoms with van der Waals surface area (Å²) in [6.45, 7) is 0. The summed E-state index contributed by atoms with van der Waals surface area (Å²) in [6.07, 6.45) is 8.88. The van der Waals surface area contributed by atoms with Gasteiger partial charge in [-0.05, 0) is 81.4 Å². The molecular weight excluding hydrogens is 629 g/mol. The van der Waals surface area contributed by atoms with E-state index in [9.17, 15) is 0 Å². The number of nitrogens with zero attached hydrogens (tertiary/aromatic N) is 1. The van der Waals surface area contributed by atoms with E-state index in [0.29, 0.717) is 0 Å². The SMILES string of the molecule is C1=CCCC(c2cccc3cccc(-c4ccccc4N(c4ccc5ccccc5c4)c4ccccc4-c4cccc5c4[nH]c4ccccc45)c23)=C1. The highest BCUT2D eigenvalue weighted by Gasteiger charge is 2.23. The van der Waals surface area contributed by atoms with E-state index in [1.54, 1.807) is 0 Å². The van der Waals surface area contributed by atoms with Gasteiger partial charge in [-0.15, -0.1) is 0 Å². The number of aromatic amines is 1. The molecule has 1 aliphatic rings. The summed E-state index contributed by atoms with van der Waals surface area (Å²) in [5, 5.41) is 7.46. The molecule has 1 aromatic heterocycles. The van der Waals surface area contributed by atoms with E-state index in [1.165, 1.54) is 65.7 Å². The molecule has 0 saturated heterocycles. The number of nitrogens with one attached hydrogen (secondary N) is 1. The number of anilines is 3. The molecule has 8 aromatic carbocycles. The number of hydrogen-bond acceptors (Lipinski definition) is 1. The Morgan fingerprint density at radius 2 is 1.08 bits per heavy atom. The molecule has 0 aliphatic heterocycles. The fourth-order valence-corrected chi connectivity index (χ4v) is 8.27. The topological polar surface area (TPSA) is 19.0 Å². The second-order valence-corrected chi connectivity index (χ2v) is 13.7. The van der Waals surface area contributed by atoms with Crippen LogP contribution in [0, 0.1) is 0 Å². The minimum Gasteiger partial charge on any atom is -0.354 e. The summed E-state index contributed by atoms with van der Waals surface area (Å²) in [5.74, 6) is 0. The van der Waals surface area contributed by atoms with E-state index < -0.39 is 0 Å². The Hall–Kier alpha value is -6.64. The molecule has 0 spiro atoms. The Morgan fingerprint density at radius 1 is 0.462 bits per heavy atom. The molecule has 52 heavy (non-hydrogen) atoms. The molecule has 0 radical (unpaired) electrons. The van der Waals surface area contributed by atoms with Gasteiger partial charge in [-0.25, -0.2) is 0 Å². The summed E-state index contributed by atoms with van der Waals surface area (Å²) in [5.41, 5.74) is 13.1. The van der Waals surface area contributed by atoms with Gasteiger partial charge in [-0.2, -0.15) is 0 Å². The van der Waals surface area contributed by atoms with Crippen LogP contribution < -0.4 is 4.90 Å². The second-order valence-electron chi connectivity index (χ2n) is 13.7. The molecule has 0 bridgehead atoms. The molecule has 2 heteroatoms. The summed E-state index contributed by atoms with van der Waals surface area (Å²) in [4.78, 5) is 6.26. The molecule has 2 nitrogen and oxygen atoms in total. The molecule has 0 amide bonds. The minimum absolute atomic E-state index is 1.04. The van der Waals surface area contributed by atoms with E-state index in [4.69, 9.17) is 0 Å². The Bertz CT molecular complexity index is 2860. The average molecular weight is 665 g/mol. The lowest BCUT2D eigenvalue weighted by atomic mass is 9.88. The molecule has 246 valence electrons. The first kappa shape index (κ1) is 30.2. The Morgan fingerprint density at radius 3 is 1.88 bits per heavy atom. The molecule has 0 unspecified atom stereocenters. The molecule has 0 fully saturated rings. The van der Waals surface area contributed by atoms with Crippen molar-refractivity contribution in [3.8, 4) is 22.3 Å². The van der Waals surface area contributed by atoms with Crippen molar-refractivity contribution in [3.05, 3.63) is 194 Å². The molecule has 10 rings (SSSR count). The van der Waals surface area contributed by atoms with Crippen LogP contribution in [0.25, 0.3) is 71.2 Å². The van der Waals surface area contributed by atoms with Gasteiger partial charge in [0.05, 0.1) is 16.9 Å². The molecule has 1 aliphatic carbocycles. The van der Waals surface area contributed by atoms with Crippen LogP contribution in [0.1, 0.15) is 18.4 Å². The lowest BCUT2D eigenvalue weighted by Gasteiger charge is -2.30. The van der Waals surface area contributed by atoms with Crippen LogP contribution in [-0.2, 0) is 0 Å². The minimum atomic E-state index is 1.04. The lowest BCUT2D eigenvalue weighted by molar-refractivity contribution is 1.06. The van der Waals surface area contributed by atoms with E-state index in [1.807, 2.05) is 0 Å². The quantitative estimate of drug-likeness (QED) is 0.187. The second kappa shape index (κ2) is 12.6. The third-order valence-electron chi connectivity index (χ3n) is 10.7. The third-order valence-corrected chi connectivity index (χ3v) is 10.7. The van der Waals surface area contributed by atoms with Gasteiger partial charge in [-0.3, -0.25) is 0 Å². The smallest absolute Gasteiger partial charge is 0.0545 e. The lowest BCUT2D eigenvalue weighted by Crippen LogP contribution is -2.12. The van der Waals surface area contributed by atoms with Gasteiger partial charge in [0.15, 0.2) is 0 Å². The fourth-order valence-electron chi connectivity index (χ4n) is 8.27. The summed E-state index contributed by atoms with van der Waals surface area (Å²) < 4.78 is 0. The van der Waals surface area contributed by atoms with Gasteiger partial charge in [0.1, 0.15) is 0 Å². The first-order valence-corrected chi connectivity index (χ1v) is 18.2. The van der Waals surface area contributed by atoms with Crippen molar-refractivity contribution in [1.29, 1.82) is 0 Å². The van der Waals surface area contributed by atoms with Gasteiger partial charge in [0.2, 0.25) is 0 Å². The van der Waals surface area contributed by atoms with Crippen LogP contribution in [0.5, 0.6) is 0 Å². The van der Waals surface area contributed by atoms with Crippen molar-refractivity contribution in [2.24, 2.45) is 0 Å². The highest BCUT2D eigenvalue weighted by Crippen LogP contribution is 2.48. The van der Waals surface area contributed by atoms with Crippen LogP contribution in [0.15, 0.2) is 188 Å². The number of rotatable bonds is 6. The van der Waals surface area contributed by atoms with E-state index in [-0.39, 0.29) is 0 Å². The molecule has 1 N–H and O–H groups in total. The van der Waals surface area contributed by atoms with Gasteiger partial charge in [-0.1, -0.05) is 158 Å². The Kier molecular flexibility index (Phi) is 7.32. The van der Waals surface area contributed by atoms with Crippen LogP contribution in [-0.4, -0.2) is 4.98 Å². The van der Waals surface area contributed by atoms with Crippen LogP contribution in [0.2, 0.25) is 0 Å². The normalized spacial score (nSPS) is 12.9. The predicted octanol–water partition coefficient (Wildman–Crippen LogP) is 14.2. The van der Waals surface area contributed by atoms with Crippen molar-refractivity contribution >= 4 is 66.0 Å². The monoisotopic (exact) mass is 664 g/mol. The van der Waals surface area contributed by atoms with E-state index in [0.717, 1.165) is 40.9 Å². The highest BCUT2D eigenvalue weighted by atomic mass is 15.1. The van der Waals surface area contributed by atoms with E-state index >= 15 is 0 Å². The average Bonchev–Trinajstić information content (AvgIpc) is 3.60. The molecule has 0 atom stereocenters. The van der Waals surface area contributed by atoms with Crippen LogP contribution in [0.4, 0.5) is 17.1 Å². The maximum atomic E-state index is 3.78. The van der Waals surface area contributed by atoms with E-state index in [2.05, 4.69) is 198 Å². The molecular formula is C50H36N2. The maximum absolute atomic E-state index is 3.78. The first-order chi connectivity index (χ1) is 25.8. The van der Waals surface area contributed by atoms with Gasteiger partial charge in [0.25, 0.3) is 0 Å². The van der Waals surface area contributed by atoms with Crippen molar-refractivity contribution in [1.82, 2.24) is 4.98 Å². The standard InChI is InChI=1S/C50H36N2/c1-2-16-35(17-3-1)39-24-12-19-36-20-13-25-43(49(36)39)41-22-7-10-29-47(41)52(38-32-31-34-15-4-5-18-37(34)33-38)48-30-11-8-23-42(48)45-27-14-26-44-40-21-6-9-28-46(40)51-50(44)45/h1-2,4-16,18-33,51H,3,17H2. The van der Waals surface area contributed by atoms with Crippen molar-refractivity contribution < 1.29 is 0 Å². The maximum Gasteiger partial charge on any atom is 0.0545 e. The molecule has 9 aromatic rings. The van der Waals surface area contributed by atoms with Gasteiger partial charge in [0, 0.05) is 38.7 Å². The summed E-state index contributed by atoms with van der Waals surface area (Å²) in [6, 6.07) is 62.1. The van der Waals surface area contributed by atoms with Crippen molar-refractivity contribution in [2.45, 2.75) is 12.8 Å². The number of benzene rings is 8. The van der Waals surface area contributed by atoms with Gasteiger partial charge >= 0.3 is 0 Å². The fraction of sp³-hybridized carbons (Fsp3) is 0.0400. The van der Waals surface area contributed by atoms with Crippen LogP contribution in [0.3, 0.4) is 0 Å².